The van der Waals surface area contributed by atoms with E-state index in [1.165, 1.54) is 0 Å². The summed E-state index contributed by atoms with van der Waals surface area (Å²) in [5, 5.41) is 18.0. The number of ether oxygens (including phenoxy) is 1. The van der Waals surface area contributed by atoms with E-state index in [9.17, 15) is 19.5 Å². The van der Waals surface area contributed by atoms with Crippen LogP contribution in [0.2, 0.25) is 0 Å². The van der Waals surface area contributed by atoms with Crippen molar-refractivity contribution in [2.75, 3.05) is 13.2 Å². The molecular weight excluding hydrogens is 422 g/mol. The molecule has 1 aromatic rings. The first-order chi connectivity index (χ1) is 15.7. The Kier molecular flexibility index (Phi) is 10.6. The number of aliphatic hydroxyl groups is 1. The fourth-order valence-corrected chi connectivity index (χ4v) is 3.97. The molecule has 0 saturated carbocycles. The van der Waals surface area contributed by atoms with Gasteiger partial charge in [0.05, 0.1) is 12.6 Å². The molecule has 1 fully saturated rings. The summed E-state index contributed by atoms with van der Waals surface area (Å²) in [6, 6.07) is 8.46. The number of carbonyl (C=O) groups excluding carboxylic acids is 3. The molecule has 4 atom stereocenters. The zero-order chi connectivity index (χ0) is 24.4. The number of aliphatic hydroxyl groups excluding tert-OH is 1. The minimum atomic E-state index is -0.798. The van der Waals surface area contributed by atoms with Crippen molar-refractivity contribution >= 4 is 17.9 Å². The van der Waals surface area contributed by atoms with E-state index in [2.05, 4.69) is 16.0 Å². The fourth-order valence-electron chi connectivity index (χ4n) is 3.97. The van der Waals surface area contributed by atoms with Gasteiger partial charge in [0.15, 0.2) is 0 Å². The van der Waals surface area contributed by atoms with E-state index in [4.69, 9.17) is 4.74 Å². The van der Waals surface area contributed by atoms with E-state index in [1.807, 2.05) is 58.0 Å². The predicted octanol–water partition coefficient (Wildman–Crippen LogP) is 2.40. The van der Waals surface area contributed by atoms with Crippen LogP contribution in [-0.2, 0) is 20.7 Å². The lowest BCUT2D eigenvalue weighted by Crippen LogP contribution is -2.52. The van der Waals surface area contributed by atoms with Gasteiger partial charge in [0.25, 0.3) is 0 Å². The highest BCUT2D eigenvalue weighted by Gasteiger charge is 2.30. The highest BCUT2D eigenvalue weighted by molar-refractivity contribution is 5.86. The van der Waals surface area contributed by atoms with E-state index in [0.29, 0.717) is 32.2 Å². The summed E-state index contributed by atoms with van der Waals surface area (Å²) in [7, 11) is 0. The van der Waals surface area contributed by atoms with Crippen molar-refractivity contribution < 1.29 is 24.2 Å². The molecule has 1 aliphatic rings. The van der Waals surface area contributed by atoms with Crippen LogP contribution >= 0.6 is 0 Å². The van der Waals surface area contributed by atoms with Gasteiger partial charge in [0.2, 0.25) is 11.8 Å². The molecule has 2 rings (SSSR count). The number of amides is 3. The molecule has 0 bridgehead atoms. The SMILES string of the molecule is CC(C)CC(NC(=O)OC(Cc1ccccc1)C(C)C)C(=O)NC(CO)CC1CCNC1=O. The molecule has 3 amide bonds. The molecule has 1 saturated heterocycles. The van der Waals surface area contributed by atoms with Gasteiger partial charge in [0.1, 0.15) is 12.1 Å². The summed E-state index contributed by atoms with van der Waals surface area (Å²) in [6.45, 7) is 8.24. The number of carbonyl (C=O) groups is 3. The Hall–Kier alpha value is -2.61. The minimum Gasteiger partial charge on any atom is -0.446 e. The standard InChI is InChI=1S/C25H39N3O5/c1-16(2)12-21(24(31)27-20(15-29)14-19-10-11-26-23(19)30)28-25(32)33-22(17(3)4)13-18-8-6-5-7-9-18/h5-9,16-17,19-22,29H,10-15H2,1-4H3,(H,26,30)(H,27,31)(H,28,32). The highest BCUT2D eigenvalue weighted by Crippen LogP contribution is 2.17. The molecule has 4 N–H and O–H groups in total. The number of rotatable bonds is 12. The van der Waals surface area contributed by atoms with Crippen LogP contribution in [0, 0.1) is 17.8 Å². The van der Waals surface area contributed by atoms with Crippen molar-refractivity contribution in [3.63, 3.8) is 0 Å². The monoisotopic (exact) mass is 461 g/mol. The maximum atomic E-state index is 13.0. The van der Waals surface area contributed by atoms with Crippen LogP contribution in [0.25, 0.3) is 0 Å². The molecule has 8 nitrogen and oxygen atoms in total. The van der Waals surface area contributed by atoms with Crippen LogP contribution in [0.4, 0.5) is 4.79 Å². The van der Waals surface area contributed by atoms with Gasteiger partial charge in [-0.15, -0.1) is 0 Å². The molecule has 0 radical (unpaired) electrons. The fraction of sp³-hybridized carbons (Fsp3) is 0.640. The summed E-state index contributed by atoms with van der Waals surface area (Å²) in [5.41, 5.74) is 1.07. The Morgan fingerprint density at radius 2 is 1.85 bits per heavy atom. The predicted molar refractivity (Wildman–Crippen MR) is 126 cm³/mol. The Balaban J connectivity index is 1.98. The molecule has 4 unspecified atom stereocenters. The Bertz CT molecular complexity index is 769. The van der Waals surface area contributed by atoms with E-state index in [0.717, 1.165) is 5.56 Å². The van der Waals surface area contributed by atoms with Gasteiger partial charge in [-0.05, 0) is 36.7 Å². The highest BCUT2D eigenvalue weighted by atomic mass is 16.6. The van der Waals surface area contributed by atoms with Crippen molar-refractivity contribution in [3.8, 4) is 0 Å². The van der Waals surface area contributed by atoms with Crippen LogP contribution in [0.5, 0.6) is 0 Å². The molecule has 1 heterocycles. The second-order valence-electron chi connectivity index (χ2n) is 9.60. The third-order valence-corrected chi connectivity index (χ3v) is 5.90. The van der Waals surface area contributed by atoms with Crippen molar-refractivity contribution in [1.29, 1.82) is 0 Å². The Labute approximate surface area is 196 Å². The molecule has 1 aliphatic heterocycles. The molecule has 1 aromatic carbocycles. The third kappa shape index (κ3) is 9.04. The lowest BCUT2D eigenvalue weighted by Gasteiger charge is -2.26. The summed E-state index contributed by atoms with van der Waals surface area (Å²) < 4.78 is 5.70. The number of benzene rings is 1. The van der Waals surface area contributed by atoms with Crippen molar-refractivity contribution in [1.82, 2.24) is 16.0 Å². The molecule has 33 heavy (non-hydrogen) atoms. The Morgan fingerprint density at radius 1 is 1.15 bits per heavy atom. The van der Waals surface area contributed by atoms with Gasteiger partial charge >= 0.3 is 6.09 Å². The zero-order valence-corrected chi connectivity index (χ0v) is 20.2. The summed E-state index contributed by atoms with van der Waals surface area (Å²) in [5.74, 6) is -0.415. The number of hydrogen-bond acceptors (Lipinski definition) is 5. The number of nitrogens with one attached hydrogen (secondary N) is 3. The molecule has 0 aliphatic carbocycles. The van der Waals surface area contributed by atoms with Gasteiger partial charge in [-0.3, -0.25) is 9.59 Å². The quantitative estimate of drug-likeness (QED) is 0.381. The molecule has 184 valence electrons. The molecule has 0 aromatic heterocycles. The smallest absolute Gasteiger partial charge is 0.408 e. The molecule has 0 spiro atoms. The van der Waals surface area contributed by atoms with E-state index < -0.39 is 18.2 Å². The van der Waals surface area contributed by atoms with Crippen LogP contribution in [0.15, 0.2) is 30.3 Å². The normalized spacial score (nSPS) is 18.5. The summed E-state index contributed by atoms with van der Waals surface area (Å²) >= 11 is 0. The van der Waals surface area contributed by atoms with Crippen LogP contribution in [0.1, 0.15) is 52.5 Å². The van der Waals surface area contributed by atoms with Crippen LogP contribution in [0.3, 0.4) is 0 Å². The minimum absolute atomic E-state index is 0.0544. The zero-order valence-electron chi connectivity index (χ0n) is 20.2. The molecular formula is C25H39N3O5. The van der Waals surface area contributed by atoms with Gasteiger partial charge < -0.3 is 25.8 Å². The van der Waals surface area contributed by atoms with E-state index in [1.54, 1.807) is 0 Å². The largest absolute Gasteiger partial charge is 0.446 e. The van der Waals surface area contributed by atoms with E-state index >= 15 is 0 Å². The first-order valence-electron chi connectivity index (χ1n) is 11.9. The first kappa shape index (κ1) is 26.6. The topological polar surface area (TPSA) is 117 Å². The average molecular weight is 462 g/mol. The maximum absolute atomic E-state index is 13.0. The second-order valence-corrected chi connectivity index (χ2v) is 9.60. The van der Waals surface area contributed by atoms with Crippen LogP contribution in [-0.4, -0.2) is 54.4 Å². The van der Waals surface area contributed by atoms with Gasteiger partial charge in [-0.2, -0.15) is 0 Å². The second kappa shape index (κ2) is 13.2. The Morgan fingerprint density at radius 3 is 2.39 bits per heavy atom. The lowest BCUT2D eigenvalue weighted by atomic mass is 9.97. The number of alkyl carbamates (subject to hydrolysis) is 1. The van der Waals surface area contributed by atoms with Gasteiger partial charge in [-0.1, -0.05) is 58.0 Å². The van der Waals surface area contributed by atoms with Crippen LogP contribution < -0.4 is 16.0 Å². The third-order valence-electron chi connectivity index (χ3n) is 5.90. The average Bonchev–Trinajstić information content (AvgIpc) is 3.16. The summed E-state index contributed by atoms with van der Waals surface area (Å²) in [6.07, 6.45) is 1.09. The molecule has 8 heteroatoms. The first-order valence-corrected chi connectivity index (χ1v) is 11.9. The van der Waals surface area contributed by atoms with Crippen molar-refractivity contribution in [2.45, 2.75) is 71.6 Å². The van der Waals surface area contributed by atoms with Crippen molar-refractivity contribution in [2.24, 2.45) is 17.8 Å². The number of hydrogen-bond donors (Lipinski definition) is 4. The lowest BCUT2D eigenvalue weighted by molar-refractivity contribution is -0.126. The maximum Gasteiger partial charge on any atom is 0.408 e. The summed E-state index contributed by atoms with van der Waals surface area (Å²) in [4.78, 5) is 37.5. The van der Waals surface area contributed by atoms with Gasteiger partial charge in [0, 0.05) is 18.9 Å². The van der Waals surface area contributed by atoms with Gasteiger partial charge in [-0.25, -0.2) is 4.79 Å². The van der Waals surface area contributed by atoms with Crippen molar-refractivity contribution in [3.05, 3.63) is 35.9 Å². The van der Waals surface area contributed by atoms with E-state index in [-0.39, 0.29) is 42.3 Å².